The van der Waals surface area contributed by atoms with Gasteiger partial charge in [-0.25, -0.2) is 0 Å². The lowest BCUT2D eigenvalue weighted by Gasteiger charge is -2.28. The molecule has 15 heavy (non-hydrogen) atoms. The van der Waals surface area contributed by atoms with Gasteiger partial charge in [0.25, 0.3) is 0 Å². The third-order valence-corrected chi connectivity index (χ3v) is 3.68. The lowest BCUT2D eigenvalue weighted by Crippen LogP contribution is -2.42. The molecule has 0 bridgehead atoms. The van der Waals surface area contributed by atoms with Gasteiger partial charge in [0.1, 0.15) is 6.29 Å². The average molecular weight is 207 g/mol. The van der Waals surface area contributed by atoms with Crippen LogP contribution in [0.5, 0.6) is 0 Å². The van der Waals surface area contributed by atoms with Crippen LogP contribution in [0, 0.1) is 5.92 Å². The van der Waals surface area contributed by atoms with Crippen LogP contribution in [-0.2, 0) is 4.79 Å². The molecule has 2 heteroatoms. The van der Waals surface area contributed by atoms with Crippen LogP contribution >= 0.6 is 0 Å². The first-order valence-corrected chi connectivity index (χ1v) is 6.28. The molecule has 1 aliphatic heterocycles. The molecule has 1 aliphatic carbocycles. The Morgan fingerprint density at radius 2 is 2.00 bits per heavy atom. The first kappa shape index (κ1) is 10.9. The van der Waals surface area contributed by atoms with Crippen LogP contribution in [-0.4, -0.2) is 18.4 Å². The van der Waals surface area contributed by atoms with Crippen molar-refractivity contribution in [3.8, 4) is 0 Å². The second-order valence-electron chi connectivity index (χ2n) is 4.82. The van der Waals surface area contributed by atoms with Crippen molar-refractivity contribution in [2.24, 2.45) is 5.92 Å². The van der Waals surface area contributed by atoms with Gasteiger partial charge < -0.3 is 10.1 Å². The van der Waals surface area contributed by atoms with E-state index in [9.17, 15) is 4.79 Å². The zero-order chi connectivity index (χ0) is 10.5. The summed E-state index contributed by atoms with van der Waals surface area (Å²) in [6.07, 6.45) is 14.3. The largest absolute Gasteiger partial charge is 0.304 e. The molecular weight excluding hydrogens is 186 g/mol. The number of hydrogen-bond donors (Lipinski definition) is 1. The second kappa shape index (κ2) is 5.45. The van der Waals surface area contributed by atoms with E-state index in [0.29, 0.717) is 12.0 Å². The second-order valence-corrected chi connectivity index (χ2v) is 4.82. The summed E-state index contributed by atoms with van der Waals surface area (Å²) < 4.78 is 0. The Labute approximate surface area is 92.1 Å². The molecule has 1 heterocycles. The third-order valence-electron chi connectivity index (χ3n) is 3.68. The molecule has 0 amide bonds. The quantitative estimate of drug-likeness (QED) is 0.556. The van der Waals surface area contributed by atoms with Crippen molar-refractivity contribution < 1.29 is 4.79 Å². The molecule has 3 unspecified atom stereocenters. The van der Waals surface area contributed by atoms with Gasteiger partial charge in [-0.2, -0.15) is 0 Å². The summed E-state index contributed by atoms with van der Waals surface area (Å²) in [7, 11) is 0. The monoisotopic (exact) mass is 207 g/mol. The summed E-state index contributed by atoms with van der Waals surface area (Å²) in [4.78, 5) is 10.9. The van der Waals surface area contributed by atoms with Crippen LogP contribution in [0.15, 0.2) is 12.2 Å². The number of carbonyl (C=O) groups is 1. The summed E-state index contributed by atoms with van der Waals surface area (Å²) in [5, 5.41) is 3.52. The molecule has 2 rings (SSSR count). The van der Waals surface area contributed by atoms with E-state index in [1.54, 1.807) is 0 Å². The van der Waals surface area contributed by atoms with Crippen molar-refractivity contribution in [3.63, 3.8) is 0 Å². The van der Waals surface area contributed by atoms with E-state index in [1.807, 2.05) is 0 Å². The summed E-state index contributed by atoms with van der Waals surface area (Å²) in [5.41, 5.74) is 0. The fourth-order valence-electron chi connectivity index (χ4n) is 2.79. The maximum Gasteiger partial charge on any atom is 0.136 e. The normalized spacial score (nSPS) is 37.2. The minimum Gasteiger partial charge on any atom is -0.304 e. The predicted octanol–water partition coefficient (Wildman–Crippen LogP) is 2.44. The molecule has 1 saturated heterocycles. The molecule has 0 spiro atoms. The molecule has 84 valence electrons. The zero-order valence-corrected chi connectivity index (χ0v) is 9.32. The minimum absolute atomic E-state index is 0.104. The van der Waals surface area contributed by atoms with E-state index >= 15 is 0 Å². The van der Waals surface area contributed by atoms with Gasteiger partial charge in [-0.15, -0.1) is 0 Å². The number of carbonyl (C=O) groups excluding carboxylic acids is 1. The Morgan fingerprint density at radius 3 is 2.73 bits per heavy atom. The van der Waals surface area contributed by atoms with Crippen LogP contribution in [0.2, 0.25) is 0 Å². The Bertz CT molecular complexity index is 237. The maximum atomic E-state index is 10.9. The number of nitrogens with one attached hydrogen (secondary N) is 1. The van der Waals surface area contributed by atoms with Crippen molar-refractivity contribution in [1.29, 1.82) is 0 Å². The molecule has 0 aromatic carbocycles. The van der Waals surface area contributed by atoms with Crippen molar-refractivity contribution >= 4 is 6.29 Å². The first-order valence-electron chi connectivity index (χ1n) is 6.28. The lowest BCUT2D eigenvalue weighted by molar-refractivity contribution is -0.109. The average Bonchev–Trinajstić information content (AvgIpc) is 2.55. The highest BCUT2D eigenvalue weighted by atomic mass is 16.1. The van der Waals surface area contributed by atoms with E-state index in [-0.39, 0.29) is 6.04 Å². The van der Waals surface area contributed by atoms with Gasteiger partial charge in [0, 0.05) is 6.04 Å². The molecule has 3 atom stereocenters. The Balaban J connectivity index is 1.96. The molecule has 0 saturated carbocycles. The highest BCUT2D eigenvalue weighted by molar-refractivity contribution is 5.57. The van der Waals surface area contributed by atoms with E-state index in [2.05, 4.69) is 17.5 Å². The third kappa shape index (κ3) is 2.91. The maximum absolute atomic E-state index is 10.9. The molecular formula is C13H21NO. The van der Waals surface area contributed by atoms with Crippen LogP contribution in [0.4, 0.5) is 0 Å². The first-order chi connectivity index (χ1) is 7.40. The molecule has 2 aliphatic rings. The van der Waals surface area contributed by atoms with E-state index < -0.39 is 0 Å². The lowest BCUT2D eigenvalue weighted by atomic mass is 9.87. The highest BCUT2D eigenvalue weighted by Gasteiger charge is 2.24. The zero-order valence-electron chi connectivity index (χ0n) is 9.32. The highest BCUT2D eigenvalue weighted by Crippen LogP contribution is 2.25. The van der Waals surface area contributed by atoms with E-state index in [4.69, 9.17) is 0 Å². The Kier molecular flexibility index (Phi) is 3.95. The number of rotatable bonds is 2. The van der Waals surface area contributed by atoms with Crippen molar-refractivity contribution in [2.75, 3.05) is 0 Å². The van der Waals surface area contributed by atoms with Crippen LogP contribution in [0.3, 0.4) is 0 Å². The van der Waals surface area contributed by atoms with Crippen molar-refractivity contribution in [1.82, 2.24) is 5.32 Å². The van der Waals surface area contributed by atoms with Gasteiger partial charge in [0.15, 0.2) is 0 Å². The van der Waals surface area contributed by atoms with Gasteiger partial charge in [0.05, 0.1) is 6.04 Å². The van der Waals surface area contributed by atoms with Crippen molar-refractivity contribution in [3.05, 3.63) is 12.2 Å². The smallest absolute Gasteiger partial charge is 0.136 e. The molecule has 1 N–H and O–H groups in total. The van der Waals surface area contributed by atoms with E-state index in [1.165, 1.54) is 38.5 Å². The topological polar surface area (TPSA) is 29.1 Å². The predicted molar refractivity (Wildman–Crippen MR) is 61.7 cm³/mol. The summed E-state index contributed by atoms with van der Waals surface area (Å²) in [5.74, 6) is 0.666. The van der Waals surface area contributed by atoms with Crippen LogP contribution in [0.1, 0.15) is 44.9 Å². The van der Waals surface area contributed by atoms with E-state index in [0.717, 1.165) is 12.7 Å². The molecule has 1 fully saturated rings. The van der Waals surface area contributed by atoms with Gasteiger partial charge in [0.2, 0.25) is 0 Å². The fourth-order valence-corrected chi connectivity index (χ4v) is 2.79. The van der Waals surface area contributed by atoms with Crippen molar-refractivity contribution in [2.45, 2.75) is 57.0 Å². The van der Waals surface area contributed by atoms with Gasteiger partial charge >= 0.3 is 0 Å². The molecule has 0 aromatic heterocycles. The van der Waals surface area contributed by atoms with Gasteiger partial charge in [-0.1, -0.05) is 25.0 Å². The number of hydrogen-bond acceptors (Lipinski definition) is 2. The standard InChI is InChI=1S/C13H21NO/c15-10-12-8-4-5-9-13(14-12)11-6-2-1-3-7-11/h2,6,10-14H,1,3-5,7-9H2. The molecule has 0 aromatic rings. The SMILES string of the molecule is O=CC1CCCCC(C2C=CCCC2)N1. The van der Waals surface area contributed by atoms with Crippen LogP contribution in [0.25, 0.3) is 0 Å². The summed E-state index contributed by atoms with van der Waals surface area (Å²) in [6, 6.07) is 0.645. The van der Waals surface area contributed by atoms with Crippen LogP contribution < -0.4 is 5.32 Å². The summed E-state index contributed by atoms with van der Waals surface area (Å²) >= 11 is 0. The minimum atomic E-state index is 0.104. The summed E-state index contributed by atoms with van der Waals surface area (Å²) in [6.45, 7) is 0. The van der Waals surface area contributed by atoms with Gasteiger partial charge in [-0.05, 0) is 38.0 Å². The molecule has 0 radical (unpaired) electrons. The Morgan fingerprint density at radius 1 is 1.13 bits per heavy atom. The van der Waals surface area contributed by atoms with Gasteiger partial charge in [-0.3, -0.25) is 0 Å². The number of allylic oxidation sites excluding steroid dienone is 1. The Hall–Kier alpha value is -0.630. The fraction of sp³-hybridized carbons (Fsp3) is 0.769. The molecule has 2 nitrogen and oxygen atoms in total. The number of aldehydes is 1.